The van der Waals surface area contributed by atoms with E-state index in [0.29, 0.717) is 41.1 Å². The summed E-state index contributed by atoms with van der Waals surface area (Å²) in [6.07, 6.45) is 7.02. The standard InChI is InChI=1S/C24H30Cl3N3O2/c25-19-7-18(23(27)20(26)8-19)14-29-1-3-30(4-2-29)22(32)13-28-21(31)12-24-9-15-5-16(10-24)17(6-15)11-24/h7-8,15-17H,1-6,9-14H2,(H,28,31). The molecule has 174 valence electrons. The van der Waals surface area contributed by atoms with Crippen LogP contribution >= 0.6 is 34.8 Å². The third-order valence-corrected chi connectivity index (χ3v) is 9.27. The van der Waals surface area contributed by atoms with E-state index in [-0.39, 0.29) is 23.8 Å². The Morgan fingerprint density at radius 1 is 1.00 bits per heavy atom. The largest absolute Gasteiger partial charge is 0.347 e. The molecule has 1 aromatic carbocycles. The van der Waals surface area contributed by atoms with E-state index in [1.54, 1.807) is 6.07 Å². The van der Waals surface area contributed by atoms with Crippen molar-refractivity contribution in [3.8, 4) is 0 Å². The zero-order valence-electron chi connectivity index (χ0n) is 18.2. The van der Waals surface area contributed by atoms with E-state index < -0.39 is 0 Å². The number of piperazine rings is 1. The van der Waals surface area contributed by atoms with Gasteiger partial charge in [0, 0.05) is 44.2 Å². The molecule has 8 heteroatoms. The van der Waals surface area contributed by atoms with Gasteiger partial charge in [-0.2, -0.15) is 0 Å². The van der Waals surface area contributed by atoms with Crippen LogP contribution in [0.4, 0.5) is 0 Å². The molecule has 4 saturated carbocycles. The van der Waals surface area contributed by atoms with Crippen molar-refractivity contribution in [3.05, 3.63) is 32.8 Å². The zero-order valence-corrected chi connectivity index (χ0v) is 20.5. The van der Waals surface area contributed by atoms with E-state index in [0.717, 1.165) is 36.4 Å². The smallest absolute Gasteiger partial charge is 0.242 e. The molecule has 2 atom stereocenters. The SMILES string of the molecule is O=C(CC12CC3CC(C1)C(C3)C2)NCC(=O)N1CCN(Cc2cc(Cl)cc(Cl)c2Cl)CC1. The molecule has 32 heavy (non-hydrogen) atoms. The number of halogens is 3. The molecule has 1 aromatic rings. The number of carbonyl (C=O) groups is 2. The summed E-state index contributed by atoms with van der Waals surface area (Å²) in [6.45, 7) is 3.50. The lowest BCUT2D eigenvalue weighted by atomic mass is 9.67. The Bertz CT molecular complexity index is 896. The Balaban J connectivity index is 1.06. The van der Waals surface area contributed by atoms with Gasteiger partial charge in [-0.3, -0.25) is 14.5 Å². The molecule has 6 rings (SSSR count). The van der Waals surface area contributed by atoms with Crippen LogP contribution in [0.15, 0.2) is 12.1 Å². The number of hydrogen-bond acceptors (Lipinski definition) is 3. The van der Waals surface area contributed by atoms with Gasteiger partial charge in [0.2, 0.25) is 11.8 Å². The molecule has 2 unspecified atom stereocenters. The quantitative estimate of drug-likeness (QED) is 0.582. The Kier molecular flexibility index (Phi) is 6.39. The molecule has 5 fully saturated rings. The second-order valence-electron chi connectivity index (χ2n) is 10.4. The van der Waals surface area contributed by atoms with Crippen molar-refractivity contribution in [1.29, 1.82) is 0 Å². The molecular formula is C24H30Cl3N3O2. The van der Waals surface area contributed by atoms with Gasteiger partial charge in [0.05, 0.1) is 16.6 Å². The lowest BCUT2D eigenvalue weighted by Crippen LogP contribution is -2.51. The van der Waals surface area contributed by atoms with Gasteiger partial charge in [-0.1, -0.05) is 34.8 Å². The summed E-state index contributed by atoms with van der Waals surface area (Å²) in [6, 6.07) is 3.48. The molecule has 5 aliphatic rings. The predicted octanol–water partition coefficient (Wildman–Crippen LogP) is 4.62. The van der Waals surface area contributed by atoms with Crippen molar-refractivity contribution < 1.29 is 9.59 Å². The minimum atomic E-state index is -0.00452. The van der Waals surface area contributed by atoms with Gasteiger partial charge in [0.25, 0.3) is 0 Å². The van der Waals surface area contributed by atoms with Crippen LogP contribution in [0.25, 0.3) is 0 Å². The fraction of sp³-hybridized carbons (Fsp3) is 0.667. The van der Waals surface area contributed by atoms with Gasteiger partial charge < -0.3 is 10.2 Å². The van der Waals surface area contributed by atoms with Crippen LogP contribution in [0, 0.1) is 23.2 Å². The Morgan fingerprint density at radius 2 is 1.69 bits per heavy atom. The second-order valence-corrected chi connectivity index (χ2v) is 11.7. The highest BCUT2D eigenvalue weighted by Gasteiger charge is 2.56. The van der Waals surface area contributed by atoms with E-state index in [4.69, 9.17) is 34.8 Å². The van der Waals surface area contributed by atoms with Gasteiger partial charge in [0.15, 0.2) is 0 Å². The summed E-state index contributed by atoms with van der Waals surface area (Å²) in [5, 5.41) is 4.46. The van der Waals surface area contributed by atoms with Crippen molar-refractivity contribution in [2.75, 3.05) is 32.7 Å². The van der Waals surface area contributed by atoms with Crippen molar-refractivity contribution in [2.45, 2.75) is 45.1 Å². The normalized spacial score (nSPS) is 31.3. The van der Waals surface area contributed by atoms with Gasteiger partial charge in [-0.25, -0.2) is 0 Å². The molecule has 0 spiro atoms. The number of nitrogens with one attached hydrogen (secondary N) is 1. The molecule has 4 aliphatic carbocycles. The maximum atomic E-state index is 12.7. The van der Waals surface area contributed by atoms with Gasteiger partial charge >= 0.3 is 0 Å². The topological polar surface area (TPSA) is 52.7 Å². The Morgan fingerprint density at radius 3 is 2.34 bits per heavy atom. The van der Waals surface area contributed by atoms with Crippen molar-refractivity contribution in [1.82, 2.24) is 15.1 Å². The summed E-state index contributed by atoms with van der Waals surface area (Å²) in [5.74, 6) is 2.60. The van der Waals surface area contributed by atoms with Gasteiger partial charge in [-0.15, -0.1) is 0 Å². The van der Waals surface area contributed by atoms with E-state index in [2.05, 4.69) is 10.2 Å². The summed E-state index contributed by atoms with van der Waals surface area (Å²) < 4.78 is 0. The highest BCUT2D eigenvalue weighted by molar-refractivity contribution is 6.43. The average Bonchev–Trinajstić information content (AvgIpc) is 3.16. The molecule has 2 amide bonds. The van der Waals surface area contributed by atoms with E-state index in [1.807, 2.05) is 11.0 Å². The van der Waals surface area contributed by atoms with Crippen LogP contribution in [0.2, 0.25) is 15.1 Å². The lowest BCUT2D eigenvalue weighted by molar-refractivity contribution is -0.135. The fourth-order valence-electron chi connectivity index (χ4n) is 7.01. The monoisotopic (exact) mass is 497 g/mol. The minimum absolute atomic E-state index is 0.00452. The molecular weight excluding hydrogens is 469 g/mol. The third kappa shape index (κ3) is 4.64. The van der Waals surface area contributed by atoms with E-state index in [1.165, 1.54) is 32.1 Å². The van der Waals surface area contributed by atoms with Crippen LogP contribution in [0.5, 0.6) is 0 Å². The van der Waals surface area contributed by atoms with Crippen LogP contribution in [-0.2, 0) is 16.1 Å². The Hall–Kier alpha value is -1.01. The first kappa shape index (κ1) is 22.8. The molecule has 1 saturated heterocycles. The van der Waals surface area contributed by atoms with Crippen molar-refractivity contribution in [3.63, 3.8) is 0 Å². The van der Waals surface area contributed by atoms with E-state index in [9.17, 15) is 9.59 Å². The predicted molar refractivity (Wildman–Crippen MR) is 127 cm³/mol. The van der Waals surface area contributed by atoms with Crippen LogP contribution in [0.1, 0.15) is 44.1 Å². The van der Waals surface area contributed by atoms with Crippen molar-refractivity contribution >= 4 is 46.6 Å². The van der Waals surface area contributed by atoms with Crippen LogP contribution < -0.4 is 5.32 Å². The highest BCUT2D eigenvalue weighted by Crippen LogP contribution is 2.65. The van der Waals surface area contributed by atoms with Crippen LogP contribution in [-0.4, -0.2) is 54.3 Å². The summed E-state index contributed by atoms with van der Waals surface area (Å²) in [4.78, 5) is 29.3. The minimum Gasteiger partial charge on any atom is -0.347 e. The molecule has 5 nitrogen and oxygen atoms in total. The number of hydrogen-bond donors (Lipinski definition) is 1. The second kappa shape index (κ2) is 8.98. The Labute approximate surface area is 204 Å². The number of carbonyl (C=O) groups excluding carboxylic acids is 2. The molecule has 1 heterocycles. The summed E-state index contributed by atoms with van der Waals surface area (Å²) in [7, 11) is 0. The van der Waals surface area contributed by atoms with Gasteiger partial charge in [-0.05, 0) is 73.0 Å². The molecule has 1 aliphatic heterocycles. The number of amides is 2. The van der Waals surface area contributed by atoms with Crippen molar-refractivity contribution in [2.24, 2.45) is 23.2 Å². The summed E-state index contributed by atoms with van der Waals surface area (Å²) >= 11 is 18.6. The highest BCUT2D eigenvalue weighted by atomic mass is 35.5. The van der Waals surface area contributed by atoms with Gasteiger partial charge in [0.1, 0.15) is 0 Å². The average molecular weight is 499 g/mol. The molecule has 1 N–H and O–H groups in total. The molecule has 4 bridgehead atoms. The molecule has 0 aromatic heterocycles. The number of rotatable bonds is 6. The molecule has 0 radical (unpaired) electrons. The maximum absolute atomic E-state index is 12.7. The van der Waals surface area contributed by atoms with E-state index >= 15 is 0 Å². The number of benzene rings is 1. The first-order valence-corrected chi connectivity index (χ1v) is 12.8. The maximum Gasteiger partial charge on any atom is 0.242 e. The van der Waals surface area contributed by atoms with Crippen LogP contribution in [0.3, 0.4) is 0 Å². The zero-order chi connectivity index (χ0) is 22.5. The first-order chi connectivity index (χ1) is 15.3. The fourth-order valence-corrected chi connectivity index (χ4v) is 7.71. The number of nitrogens with zero attached hydrogens (tertiary/aromatic N) is 2. The first-order valence-electron chi connectivity index (χ1n) is 11.7. The summed E-state index contributed by atoms with van der Waals surface area (Å²) in [5.41, 5.74) is 1.12. The lowest BCUT2D eigenvalue weighted by Gasteiger charge is -2.38. The third-order valence-electron chi connectivity index (χ3n) is 8.21.